The minimum atomic E-state index is -2.71. The Labute approximate surface area is 141 Å². The Kier molecular flexibility index (Phi) is 4.40. The number of nitrogens with zero attached hydrogens (tertiary/aromatic N) is 1. The lowest BCUT2D eigenvalue weighted by atomic mass is 10.2. The number of hydrogen-bond donors (Lipinski definition) is 1. The molecule has 3 rings (SSSR count). The maximum Gasteiger partial charge on any atom is 0.138 e. The summed E-state index contributed by atoms with van der Waals surface area (Å²) in [6, 6.07) is 14.2. The number of nitrogens with one attached hydrogen (secondary N) is 1. The summed E-state index contributed by atoms with van der Waals surface area (Å²) in [5.74, 6) is 2.33. The molecular weight excluding hydrogens is 324 g/mol. The third-order valence-electron chi connectivity index (χ3n) is 3.75. The molecule has 24 heavy (non-hydrogen) atoms. The second-order valence-corrected chi connectivity index (χ2v) is 7.63. The van der Waals surface area contributed by atoms with E-state index in [4.69, 9.17) is 14.3 Å². The van der Waals surface area contributed by atoms with Crippen molar-refractivity contribution in [2.75, 3.05) is 12.9 Å². The van der Waals surface area contributed by atoms with Gasteiger partial charge in [-0.2, -0.15) is 0 Å². The zero-order valence-corrected chi connectivity index (χ0v) is 14.3. The minimum Gasteiger partial charge on any atom is -0.497 e. The molecule has 2 aromatic carbocycles. The molecule has 0 radical (unpaired) electrons. The van der Waals surface area contributed by atoms with Crippen molar-refractivity contribution in [2.45, 2.75) is 11.8 Å². The lowest BCUT2D eigenvalue weighted by Crippen LogP contribution is -2.01. The number of methoxy groups -OCH3 is 1. The van der Waals surface area contributed by atoms with Crippen LogP contribution in [0.5, 0.6) is 17.2 Å². The Bertz CT molecular complexity index is 967. The first-order chi connectivity index (χ1) is 11.5. The molecule has 0 bridgehead atoms. The lowest BCUT2D eigenvalue weighted by molar-refractivity contribution is 0.415. The highest BCUT2D eigenvalue weighted by Gasteiger charge is 2.09. The topological polar surface area (TPSA) is 72.3 Å². The van der Waals surface area contributed by atoms with Crippen LogP contribution in [0.1, 0.15) is 6.92 Å². The van der Waals surface area contributed by atoms with E-state index < -0.39 is 9.73 Å². The smallest absolute Gasteiger partial charge is 0.138 e. The molecule has 0 saturated heterocycles. The Balaban J connectivity index is 1.93. The second-order valence-electron chi connectivity index (χ2n) is 5.23. The van der Waals surface area contributed by atoms with Gasteiger partial charge >= 0.3 is 0 Å². The first-order valence-corrected chi connectivity index (χ1v) is 9.23. The van der Waals surface area contributed by atoms with Crippen LogP contribution in [0, 0.1) is 4.78 Å². The van der Waals surface area contributed by atoms with E-state index in [2.05, 4.69) is 4.98 Å². The zero-order valence-electron chi connectivity index (χ0n) is 13.5. The van der Waals surface area contributed by atoms with E-state index in [1.807, 2.05) is 18.2 Å². The number of ether oxygens (including phenoxy) is 2. The first kappa shape index (κ1) is 16.3. The molecular formula is C18H18N2O3S. The number of fused-ring (bicyclic) bond motifs is 1. The van der Waals surface area contributed by atoms with Crippen LogP contribution in [0.2, 0.25) is 0 Å². The van der Waals surface area contributed by atoms with Gasteiger partial charge in [0.05, 0.1) is 22.4 Å². The van der Waals surface area contributed by atoms with Crippen molar-refractivity contribution in [3.8, 4) is 17.2 Å². The molecule has 1 unspecified atom stereocenters. The average Bonchev–Trinajstić information content (AvgIpc) is 2.62. The van der Waals surface area contributed by atoms with Gasteiger partial charge in [0.25, 0.3) is 0 Å². The maximum absolute atomic E-state index is 12.1. The normalized spacial score (nSPS) is 13.4. The summed E-state index contributed by atoms with van der Waals surface area (Å²) in [4.78, 5) is 4.84. The van der Waals surface area contributed by atoms with Crippen molar-refractivity contribution in [1.82, 2.24) is 4.98 Å². The zero-order chi connectivity index (χ0) is 17.2. The van der Waals surface area contributed by atoms with Crippen molar-refractivity contribution in [2.24, 2.45) is 0 Å². The van der Waals surface area contributed by atoms with E-state index in [1.54, 1.807) is 50.6 Å². The van der Waals surface area contributed by atoms with E-state index in [-0.39, 0.29) is 0 Å². The van der Waals surface area contributed by atoms with Crippen LogP contribution in [-0.2, 0) is 9.73 Å². The van der Waals surface area contributed by atoms with Crippen LogP contribution in [0.15, 0.2) is 59.6 Å². The molecule has 0 saturated carbocycles. The largest absolute Gasteiger partial charge is 0.497 e. The third kappa shape index (κ3) is 3.19. The average molecular weight is 342 g/mol. The van der Waals surface area contributed by atoms with E-state index in [9.17, 15) is 4.21 Å². The molecule has 1 atom stereocenters. The van der Waals surface area contributed by atoms with Gasteiger partial charge in [0.1, 0.15) is 17.2 Å². The number of benzene rings is 2. The summed E-state index contributed by atoms with van der Waals surface area (Å²) in [5, 5.41) is 0.875. The van der Waals surface area contributed by atoms with Crippen LogP contribution in [0.4, 0.5) is 0 Å². The molecule has 1 heterocycles. The Morgan fingerprint density at radius 1 is 1.08 bits per heavy atom. The minimum absolute atomic E-state index is 0.296. The maximum atomic E-state index is 12.1. The Morgan fingerprint density at radius 2 is 1.79 bits per heavy atom. The van der Waals surface area contributed by atoms with Gasteiger partial charge in [-0.1, -0.05) is 6.92 Å². The molecule has 3 aromatic rings. The van der Waals surface area contributed by atoms with E-state index in [0.717, 1.165) is 16.7 Å². The summed E-state index contributed by atoms with van der Waals surface area (Å²) >= 11 is 0. The highest BCUT2D eigenvalue weighted by Crippen LogP contribution is 2.31. The number of aromatic nitrogens is 1. The third-order valence-corrected chi connectivity index (χ3v) is 5.60. The van der Waals surface area contributed by atoms with Crippen LogP contribution in [-0.4, -0.2) is 22.1 Å². The second kappa shape index (κ2) is 6.49. The highest BCUT2D eigenvalue weighted by atomic mass is 32.2. The summed E-state index contributed by atoms with van der Waals surface area (Å²) in [6.45, 7) is 1.75. The molecule has 0 spiro atoms. The molecule has 0 aliphatic heterocycles. The summed E-state index contributed by atoms with van der Waals surface area (Å²) in [6.07, 6.45) is 1.68. The molecule has 5 nitrogen and oxygen atoms in total. The fourth-order valence-electron chi connectivity index (χ4n) is 2.34. The lowest BCUT2D eigenvalue weighted by Gasteiger charge is -2.10. The first-order valence-electron chi connectivity index (χ1n) is 7.50. The molecule has 0 fully saturated rings. The fourth-order valence-corrected chi connectivity index (χ4v) is 3.25. The Hall–Kier alpha value is -2.60. The number of pyridine rings is 1. The molecule has 0 amide bonds. The summed E-state index contributed by atoms with van der Waals surface area (Å²) in [5.41, 5.74) is 0.781. The van der Waals surface area contributed by atoms with Crippen LogP contribution in [0.25, 0.3) is 10.9 Å². The Morgan fingerprint density at radius 3 is 2.46 bits per heavy atom. The van der Waals surface area contributed by atoms with Crippen molar-refractivity contribution in [1.29, 1.82) is 4.78 Å². The van der Waals surface area contributed by atoms with E-state index in [0.29, 0.717) is 22.1 Å². The highest BCUT2D eigenvalue weighted by molar-refractivity contribution is 7.92. The van der Waals surface area contributed by atoms with Crippen molar-refractivity contribution >= 4 is 20.6 Å². The van der Waals surface area contributed by atoms with E-state index >= 15 is 0 Å². The number of hydrogen-bond acceptors (Lipinski definition) is 5. The van der Waals surface area contributed by atoms with Crippen LogP contribution < -0.4 is 9.47 Å². The van der Waals surface area contributed by atoms with Crippen LogP contribution >= 0.6 is 0 Å². The van der Waals surface area contributed by atoms with Gasteiger partial charge in [-0.05, 0) is 42.5 Å². The quantitative estimate of drug-likeness (QED) is 0.743. The van der Waals surface area contributed by atoms with Crippen molar-refractivity contribution in [3.63, 3.8) is 0 Å². The molecule has 0 aliphatic carbocycles. The van der Waals surface area contributed by atoms with Gasteiger partial charge in [0.2, 0.25) is 0 Å². The molecule has 1 aromatic heterocycles. The summed E-state index contributed by atoms with van der Waals surface area (Å²) < 4.78 is 31.0. The predicted molar refractivity (Wildman–Crippen MR) is 94.5 cm³/mol. The predicted octanol–water partition coefficient (Wildman–Crippen LogP) is 4.46. The van der Waals surface area contributed by atoms with Gasteiger partial charge in [-0.15, -0.1) is 0 Å². The van der Waals surface area contributed by atoms with Crippen molar-refractivity contribution in [3.05, 3.63) is 54.7 Å². The van der Waals surface area contributed by atoms with Gasteiger partial charge < -0.3 is 9.47 Å². The molecule has 1 N–H and O–H groups in total. The molecule has 124 valence electrons. The van der Waals surface area contributed by atoms with Gasteiger partial charge in [-0.3, -0.25) is 4.98 Å². The standard InChI is InChI=1S/C18H18N2O3S/c1-3-24(19,21)15-7-4-13(5-8-15)23-18-10-11-20-17-12-14(22-2)6-9-16(17)18/h4-12,19H,3H2,1-2H3. The van der Waals surface area contributed by atoms with Crippen LogP contribution in [0.3, 0.4) is 0 Å². The molecule has 6 heteroatoms. The fraction of sp³-hybridized carbons (Fsp3) is 0.167. The van der Waals surface area contributed by atoms with Gasteiger partial charge in [0.15, 0.2) is 0 Å². The summed E-state index contributed by atoms with van der Waals surface area (Å²) in [7, 11) is -1.09. The van der Waals surface area contributed by atoms with Gasteiger partial charge in [0, 0.05) is 28.3 Å². The molecule has 0 aliphatic rings. The van der Waals surface area contributed by atoms with E-state index in [1.165, 1.54) is 0 Å². The van der Waals surface area contributed by atoms with Gasteiger partial charge in [-0.25, -0.2) is 8.99 Å². The monoisotopic (exact) mass is 342 g/mol. The van der Waals surface area contributed by atoms with Crippen molar-refractivity contribution < 1.29 is 13.7 Å². The number of rotatable bonds is 5. The SMILES string of the molecule is CCS(=N)(=O)c1ccc(Oc2ccnc3cc(OC)ccc23)cc1.